The van der Waals surface area contributed by atoms with Crippen molar-refractivity contribution in [1.29, 1.82) is 0 Å². The summed E-state index contributed by atoms with van der Waals surface area (Å²) in [5.74, 6) is 1.16. The molecule has 0 N–H and O–H groups in total. The molecular weight excluding hydrogens is 340 g/mol. The van der Waals surface area contributed by atoms with Crippen LogP contribution in [0, 0.1) is 6.92 Å². The van der Waals surface area contributed by atoms with Gasteiger partial charge in [-0.1, -0.05) is 0 Å². The molecule has 7 nitrogen and oxygen atoms in total. The summed E-state index contributed by atoms with van der Waals surface area (Å²) in [5.41, 5.74) is 1.17. The molecule has 1 aromatic heterocycles. The molecule has 0 radical (unpaired) electrons. The predicted molar refractivity (Wildman–Crippen MR) is 98.4 cm³/mol. The van der Waals surface area contributed by atoms with Gasteiger partial charge in [0.1, 0.15) is 5.82 Å². The fraction of sp³-hybridized carbons (Fsp3) is 0.706. The molecule has 0 aliphatic carbocycles. The van der Waals surface area contributed by atoms with Crippen LogP contribution in [0.15, 0.2) is 18.3 Å². The van der Waals surface area contributed by atoms with Gasteiger partial charge in [-0.3, -0.25) is 4.90 Å². The smallest absolute Gasteiger partial charge is 0.214 e. The summed E-state index contributed by atoms with van der Waals surface area (Å²) in [5, 5.41) is 0. The van der Waals surface area contributed by atoms with Gasteiger partial charge in [-0.05, 0) is 37.6 Å². The van der Waals surface area contributed by atoms with Gasteiger partial charge in [-0.25, -0.2) is 13.4 Å². The average molecular weight is 369 g/mol. The van der Waals surface area contributed by atoms with E-state index in [1.165, 1.54) is 5.56 Å². The SMILES string of the molecule is Cc1ccnc(N2CCN(S(=O)(=O)CCCN3CCOCC3)CC2)c1. The molecule has 0 unspecified atom stereocenters. The summed E-state index contributed by atoms with van der Waals surface area (Å²) in [6.45, 7) is 8.65. The Kier molecular flexibility index (Phi) is 6.27. The van der Waals surface area contributed by atoms with Crippen LogP contribution in [0.5, 0.6) is 0 Å². The predicted octanol–water partition coefficient (Wildman–Crippen LogP) is 0.564. The minimum absolute atomic E-state index is 0.229. The summed E-state index contributed by atoms with van der Waals surface area (Å²) in [4.78, 5) is 8.83. The van der Waals surface area contributed by atoms with E-state index in [2.05, 4.69) is 14.8 Å². The van der Waals surface area contributed by atoms with Crippen LogP contribution < -0.4 is 4.90 Å². The molecule has 2 aliphatic rings. The first-order valence-electron chi connectivity index (χ1n) is 9.00. The number of sulfonamides is 1. The van der Waals surface area contributed by atoms with Crippen LogP contribution in [0.2, 0.25) is 0 Å². The van der Waals surface area contributed by atoms with Crippen molar-refractivity contribution in [2.75, 3.05) is 69.7 Å². The van der Waals surface area contributed by atoms with Crippen molar-refractivity contribution in [1.82, 2.24) is 14.2 Å². The van der Waals surface area contributed by atoms with Crippen molar-refractivity contribution in [2.24, 2.45) is 0 Å². The summed E-state index contributed by atoms with van der Waals surface area (Å²) < 4.78 is 32.1. The normalized spacial score (nSPS) is 20.8. The molecule has 3 heterocycles. The minimum Gasteiger partial charge on any atom is -0.379 e. The van der Waals surface area contributed by atoms with Crippen molar-refractivity contribution in [2.45, 2.75) is 13.3 Å². The zero-order valence-electron chi connectivity index (χ0n) is 14.9. The lowest BCUT2D eigenvalue weighted by Crippen LogP contribution is -2.49. The first kappa shape index (κ1) is 18.6. The maximum absolute atomic E-state index is 12.6. The van der Waals surface area contributed by atoms with Crippen molar-refractivity contribution in [3.63, 3.8) is 0 Å². The van der Waals surface area contributed by atoms with E-state index in [-0.39, 0.29) is 5.75 Å². The Balaban J connectivity index is 1.46. The maximum atomic E-state index is 12.6. The number of ether oxygens (including phenoxy) is 1. The quantitative estimate of drug-likeness (QED) is 0.731. The van der Waals surface area contributed by atoms with Gasteiger partial charge < -0.3 is 9.64 Å². The molecule has 2 saturated heterocycles. The molecule has 0 aromatic carbocycles. The highest BCUT2D eigenvalue weighted by atomic mass is 32.2. The van der Waals surface area contributed by atoms with Crippen LogP contribution in [0.3, 0.4) is 0 Å². The van der Waals surface area contributed by atoms with Gasteiger partial charge in [-0.15, -0.1) is 0 Å². The second kappa shape index (κ2) is 8.44. The highest BCUT2D eigenvalue weighted by Crippen LogP contribution is 2.16. The van der Waals surface area contributed by atoms with E-state index in [4.69, 9.17) is 4.74 Å². The Hall–Kier alpha value is -1.22. The molecule has 0 bridgehead atoms. The number of hydrogen-bond donors (Lipinski definition) is 0. The van der Waals surface area contributed by atoms with Crippen molar-refractivity contribution >= 4 is 15.8 Å². The second-order valence-corrected chi connectivity index (χ2v) is 8.79. The number of nitrogens with zero attached hydrogens (tertiary/aromatic N) is 4. The standard InChI is InChI=1S/C17H28N4O3S/c1-16-3-4-18-17(15-16)20-6-8-21(9-7-20)25(22,23)14-2-5-19-10-12-24-13-11-19/h3-4,15H,2,5-14H2,1H3. The lowest BCUT2D eigenvalue weighted by atomic mass is 10.2. The average Bonchev–Trinajstić information content (AvgIpc) is 2.63. The van der Waals surface area contributed by atoms with Crippen LogP contribution in [0.4, 0.5) is 5.82 Å². The second-order valence-electron chi connectivity index (χ2n) is 6.70. The van der Waals surface area contributed by atoms with Gasteiger partial charge in [-0.2, -0.15) is 4.31 Å². The molecule has 2 fully saturated rings. The number of hydrogen-bond acceptors (Lipinski definition) is 6. The monoisotopic (exact) mass is 368 g/mol. The zero-order valence-corrected chi connectivity index (χ0v) is 15.7. The van der Waals surface area contributed by atoms with E-state index >= 15 is 0 Å². The van der Waals surface area contributed by atoms with Gasteiger partial charge in [0, 0.05) is 45.5 Å². The van der Waals surface area contributed by atoms with E-state index in [1.807, 2.05) is 19.1 Å². The Bertz CT molecular complexity index is 654. The number of anilines is 1. The molecule has 140 valence electrons. The molecule has 0 spiro atoms. The van der Waals surface area contributed by atoms with E-state index < -0.39 is 10.0 Å². The van der Waals surface area contributed by atoms with Gasteiger partial charge >= 0.3 is 0 Å². The highest BCUT2D eigenvalue weighted by molar-refractivity contribution is 7.89. The molecular formula is C17H28N4O3S. The number of aryl methyl sites for hydroxylation is 1. The third kappa shape index (κ3) is 5.13. The largest absolute Gasteiger partial charge is 0.379 e. The van der Waals surface area contributed by atoms with E-state index in [0.717, 1.165) is 38.7 Å². The lowest BCUT2D eigenvalue weighted by Gasteiger charge is -2.35. The Morgan fingerprint density at radius 1 is 1.12 bits per heavy atom. The maximum Gasteiger partial charge on any atom is 0.214 e. The lowest BCUT2D eigenvalue weighted by molar-refractivity contribution is 0.0380. The van der Waals surface area contributed by atoms with Crippen LogP contribution in [0.1, 0.15) is 12.0 Å². The first-order chi connectivity index (χ1) is 12.0. The van der Waals surface area contributed by atoms with Gasteiger partial charge in [0.2, 0.25) is 10.0 Å². The van der Waals surface area contributed by atoms with Gasteiger partial charge in [0.15, 0.2) is 0 Å². The van der Waals surface area contributed by atoms with Gasteiger partial charge in [0.25, 0.3) is 0 Å². The first-order valence-corrected chi connectivity index (χ1v) is 10.6. The van der Waals surface area contributed by atoms with E-state index in [0.29, 0.717) is 32.6 Å². The third-order valence-electron chi connectivity index (χ3n) is 4.84. The molecule has 0 saturated carbocycles. The summed E-state index contributed by atoms with van der Waals surface area (Å²) in [6.07, 6.45) is 2.49. The molecule has 3 rings (SSSR count). The number of rotatable bonds is 6. The Morgan fingerprint density at radius 2 is 1.84 bits per heavy atom. The van der Waals surface area contributed by atoms with Crippen molar-refractivity contribution in [3.8, 4) is 0 Å². The van der Waals surface area contributed by atoms with Crippen LogP contribution in [-0.4, -0.2) is 87.4 Å². The van der Waals surface area contributed by atoms with Crippen LogP contribution in [0.25, 0.3) is 0 Å². The molecule has 0 amide bonds. The Labute approximate surface area is 150 Å². The van der Waals surface area contributed by atoms with Crippen molar-refractivity contribution in [3.05, 3.63) is 23.9 Å². The molecule has 8 heteroatoms. The molecule has 25 heavy (non-hydrogen) atoms. The number of pyridine rings is 1. The molecule has 2 aliphatic heterocycles. The third-order valence-corrected chi connectivity index (χ3v) is 6.79. The minimum atomic E-state index is -3.17. The molecule has 0 atom stereocenters. The fourth-order valence-corrected chi connectivity index (χ4v) is 4.78. The van der Waals surface area contributed by atoms with E-state index in [1.54, 1.807) is 10.5 Å². The topological polar surface area (TPSA) is 66.0 Å². The van der Waals surface area contributed by atoms with Gasteiger partial charge in [0.05, 0.1) is 19.0 Å². The van der Waals surface area contributed by atoms with E-state index in [9.17, 15) is 8.42 Å². The summed E-state index contributed by atoms with van der Waals surface area (Å²) in [6, 6.07) is 4.02. The Morgan fingerprint density at radius 3 is 2.52 bits per heavy atom. The zero-order chi connectivity index (χ0) is 17.7. The number of aromatic nitrogens is 1. The highest BCUT2D eigenvalue weighted by Gasteiger charge is 2.27. The summed E-state index contributed by atoms with van der Waals surface area (Å²) >= 11 is 0. The number of morpholine rings is 1. The van der Waals surface area contributed by atoms with Crippen LogP contribution >= 0.6 is 0 Å². The van der Waals surface area contributed by atoms with Crippen LogP contribution in [-0.2, 0) is 14.8 Å². The van der Waals surface area contributed by atoms with Crippen molar-refractivity contribution < 1.29 is 13.2 Å². The molecule has 1 aromatic rings. The summed E-state index contributed by atoms with van der Waals surface area (Å²) in [7, 11) is -3.17. The fourth-order valence-electron chi connectivity index (χ4n) is 3.31. The number of piperazine rings is 1.